The molecule has 2 aromatic carbocycles. The minimum atomic E-state index is -4.68. The molecule has 0 aliphatic heterocycles. The van der Waals surface area contributed by atoms with Gasteiger partial charge in [-0.3, -0.25) is 9.48 Å². The van der Waals surface area contributed by atoms with Crippen molar-refractivity contribution in [2.45, 2.75) is 6.18 Å². The fraction of sp³-hybridized carbons (Fsp3) is 0.176. The molecule has 1 amide bonds. The van der Waals surface area contributed by atoms with Gasteiger partial charge in [-0.25, -0.2) is 0 Å². The first-order valence-electron chi connectivity index (χ1n) is 7.15. The zero-order valence-corrected chi connectivity index (χ0v) is 13.0. The van der Waals surface area contributed by atoms with Gasteiger partial charge in [-0.05, 0) is 22.9 Å². The lowest BCUT2D eigenvalue weighted by atomic mass is 10.1. The SMILES string of the molecule is CN(C(=O)c1cn(C)nc1C(F)(F)F)c1ccc2ccccc2c1. The minimum absolute atomic E-state index is 0.472. The molecular formula is C17H14F3N3O. The van der Waals surface area contributed by atoms with Crippen LogP contribution < -0.4 is 4.90 Å². The molecule has 0 saturated carbocycles. The third kappa shape index (κ3) is 2.84. The number of nitrogens with zero attached hydrogens (tertiary/aromatic N) is 3. The van der Waals surface area contributed by atoms with E-state index in [1.165, 1.54) is 19.0 Å². The fourth-order valence-electron chi connectivity index (χ4n) is 2.54. The highest BCUT2D eigenvalue weighted by atomic mass is 19.4. The summed E-state index contributed by atoms with van der Waals surface area (Å²) in [4.78, 5) is 13.7. The van der Waals surface area contributed by atoms with Crippen LogP contribution in [0.4, 0.5) is 18.9 Å². The van der Waals surface area contributed by atoms with Crippen molar-refractivity contribution in [3.8, 4) is 0 Å². The number of aryl methyl sites for hydroxylation is 1. The molecule has 0 aliphatic carbocycles. The standard InChI is InChI=1S/C17H14F3N3O/c1-22-10-14(15(21-22)17(18,19)20)16(24)23(2)13-8-7-11-5-3-4-6-12(11)9-13/h3-10H,1-2H3. The van der Waals surface area contributed by atoms with Gasteiger partial charge in [0.15, 0.2) is 5.69 Å². The van der Waals surface area contributed by atoms with Gasteiger partial charge in [-0.15, -0.1) is 0 Å². The molecule has 4 nitrogen and oxygen atoms in total. The van der Waals surface area contributed by atoms with Gasteiger partial charge in [-0.2, -0.15) is 18.3 Å². The Morgan fingerprint density at radius 1 is 1.12 bits per heavy atom. The number of fused-ring (bicyclic) bond motifs is 1. The molecule has 124 valence electrons. The second-order valence-corrected chi connectivity index (χ2v) is 5.46. The summed E-state index contributed by atoms with van der Waals surface area (Å²) in [6, 6.07) is 12.8. The molecule has 0 atom stereocenters. The van der Waals surface area contributed by atoms with E-state index in [4.69, 9.17) is 0 Å². The number of benzene rings is 2. The van der Waals surface area contributed by atoms with E-state index < -0.39 is 23.3 Å². The van der Waals surface area contributed by atoms with E-state index in [1.807, 2.05) is 30.3 Å². The number of hydrogen-bond donors (Lipinski definition) is 0. The number of alkyl halides is 3. The number of carbonyl (C=O) groups excluding carboxylic acids is 1. The predicted octanol–water partition coefficient (Wildman–Crippen LogP) is 3.87. The molecule has 3 rings (SSSR count). The van der Waals surface area contributed by atoms with E-state index in [0.717, 1.165) is 21.7 Å². The lowest BCUT2D eigenvalue weighted by Gasteiger charge is -2.18. The molecule has 0 aliphatic rings. The fourth-order valence-corrected chi connectivity index (χ4v) is 2.54. The van der Waals surface area contributed by atoms with Crippen LogP contribution in [0.1, 0.15) is 16.1 Å². The van der Waals surface area contributed by atoms with Crippen LogP contribution in [0, 0.1) is 0 Å². The highest BCUT2D eigenvalue weighted by molar-refractivity contribution is 6.07. The molecule has 0 unspecified atom stereocenters. The number of halogens is 3. The number of aromatic nitrogens is 2. The molecule has 0 radical (unpaired) electrons. The molecule has 1 aromatic heterocycles. The maximum Gasteiger partial charge on any atom is 0.435 e. The Morgan fingerprint density at radius 2 is 1.79 bits per heavy atom. The Kier molecular flexibility index (Phi) is 3.79. The first-order chi connectivity index (χ1) is 11.3. The molecule has 3 aromatic rings. The highest BCUT2D eigenvalue weighted by Crippen LogP contribution is 2.32. The summed E-state index contributed by atoms with van der Waals surface area (Å²) in [6.45, 7) is 0. The Hall–Kier alpha value is -2.83. The van der Waals surface area contributed by atoms with Crippen LogP contribution in [0.25, 0.3) is 10.8 Å². The average molecular weight is 333 g/mol. The van der Waals surface area contributed by atoms with Crippen molar-refractivity contribution in [2.75, 3.05) is 11.9 Å². The van der Waals surface area contributed by atoms with Crippen molar-refractivity contribution in [3.05, 3.63) is 59.9 Å². The van der Waals surface area contributed by atoms with E-state index in [2.05, 4.69) is 5.10 Å². The normalized spacial score (nSPS) is 11.7. The van der Waals surface area contributed by atoms with Crippen LogP contribution >= 0.6 is 0 Å². The molecule has 7 heteroatoms. The van der Waals surface area contributed by atoms with Gasteiger partial charge in [0.25, 0.3) is 5.91 Å². The van der Waals surface area contributed by atoms with Crippen LogP contribution in [0.2, 0.25) is 0 Å². The Balaban J connectivity index is 2.00. The van der Waals surface area contributed by atoms with E-state index in [9.17, 15) is 18.0 Å². The number of hydrogen-bond acceptors (Lipinski definition) is 2. The van der Waals surface area contributed by atoms with Crippen molar-refractivity contribution >= 4 is 22.4 Å². The van der Waals surface area contributed by atoms with E-state index in [0.29, 0.717) is 5.69 Å². The summed E-state index contributed by atoms with van der Waals surface area (Å²) < 4.78 is 40.1. The Morgan fingerprint density at radius 3 is 2.46 bits per heavy atom. The largest absolute Gasteiger partial charge is 0.435 e. The summed E-state index contributed by atoms with van der Waals surface area (Å²) in [5.41, 5.74) is -1.14. The number of amides is 1. The third-order valence-corrected chi connectivity index (χ3v) is 3.75. The first kappa shape index (κ1) is 16.0. The smallest absolute Gasteiger partial charge is 0.311 e. The average Bonchev–Trinajstić information content (AvgIpc) is 2.95. The summed E-state index contributed by atoms with van der Waals surface area (Å²) in [5.74, 6) is -0.759. The highest BCUT2D eigenvalue weighted by Gasteiger charge is 2.39. The third-order valence-electron chi connectivity index (χ3n) is 3.75. The summed E-state index contributed by atoms with van der Waals surface area (Å²) in [6.07, 6.45) is -3.60. The van der Waals surface area contributed by atoms with Gasteiger partial charge in [0, 0.05) is 26.0 Å². The minimum Gasteiger partial charge on any atom is -0.311 e. The topological polar surface area (TPSA) is 38.1 Å². The van der Waals surface area contributed by atoms with E-state index >= 15 is 0 Å². The number of anilines is 1. The van der Waals surface area contributed by atoms with Crippen molar-refractivity contribution < 1.29 is 18.0 Å². The summed E-state index contributed by atoms with van der Waals surface area (Å²) >= 11 is 0. The molecule has 0 saturated heterocycles. The second kappa shape index (κ2) is 5.67. The van der Waals surface area contributed by atoms with Crippen LogP contribution in [-0.4, -0.2) is 22.7 Å². The van der Waals surface area contributed by atoms with Gasteiger partial charge in [0.1, 0.15) is 0 Å². The molecule has 0 bridgehead atoms. The van der Waals surface area contributed by atoms with Crippen molar-refractivity contribution in [2.24, 2.45) is 7.05 Å². The summed E-state index contributed by atoms with van der Waals surface area (Å²) in [5, 5.41) is 5.26. The lowest BCUT2D eigenvalue weighted by Crippen LogP contribution is -2.28. The van der Waals surface area contributed by atoms with Crippen LogP contribution in [-0.2, 0) is 13.2 Å². The van der Waals surface area contributed by atoms with E-state index in [1.54, 1.807) is 12.1 Å². The summed E-state index contributed by atoms with van der Waals surface area (Å²) in [7, 11) is 2.79. The Labute approximate surface area is 136 Å². The molecule has 24 heavy (non-hydrogen) atoms. The van der Waals surface area contributed by atoms with Crippen LogP contribution in [0.5, 0.6) is 0 Å². The molecule has 0 N–H and O–H groups in total. The first-order valence-corrected chi connectivity index (χ1v) is 7.15. The quantitative estimate of drug-likeness (QED) is 0.714. The van der Waals surface area contributed by atoms with Crippen LogP contribution in [0.3, 0.4) is 0 Å². The van der Waals surface area contributed by atoms with Gasteiger partial charge < -0.3 is 4.90 Å². The molecular weight excluding hydrogens is 319 g/mol. The zero-order chi connectivity index (χ0) is 17.5. The molecule has 0 fully saturated rings. The van der Waals surface area contributed by atoms with Crippen molar-refractivity contribution in [1.82, 2.24) is 9.78 Å². The lowest BCUT2D eigenvalue weighted by molar-refractivity contribution is -0.141. The van der Waals surface area contributed by atoms with Crippen LogP contribution in [0.15, 0.2) is 48.7 Å². The van der Waals surface area contributed by atoms with E-state index in [-0.39, 0.29) is 0 Å². The monoisotopic (exact) mass is 333 g/mol. The van der Waals surface area contributed by atoms with Gasteiger partial charge >= 0.3 is 6.18 Å². The maximum atomic E-state index is 13.0. The molecule has 0 spiro atoms. The van der Waals surface area contributed by atoms with Gasteiger partial charge in [-0.1, -0.05) is 30.3 Å². The Bertz CT molecular complexity index is 915. The number of carbonyl (C=O) groups is 1. The predicted molar refractivity (Wildman–Crippen MR) is 84.9 cm³/mol. The zero-order valence-electron chi connectivity index (χ0n) is 13.0. The van der Waals surface area contributed by atoms with Gasteiger partial charge in [0.2, 0.25) is 0 Å². The second-order valence-electron chi connectivity index (χ2n) is 5.46. The number of rotatable bonds is 2. The van der Waals surface area contributed by atoms with Crippen molar-refractivity contribution in [1.29, 1.82) is 0 Å². The molecule has 1 heterocycles. The van der Waals surface area contributed by atoms with Crippen molar-refractivity contribution in [3.63, 3.8) is 0 Å². The maximum absolute atomic E-state index is 13.0. The van der Waals surface area contributed by atoms with Gasteiger partial charge in [0.05, 0.1) is 5.56 Å².